The summed E-state index contributed by atoms with van der Waals surface area (Å²) in [6.07, 6.45) is 0.640. The fraction of sp³-hybridized carbons (Fsp3) is 0.500. The molecule has 0 unspecified atom stereocenters. The summed E-state index contributed by atoms with van der Waals surface area (Å²) in [6, 6.07) is 0. The Morgan fingerprint density at radius 2 is 2.31 bits per heavy atom. The number of cyclic esters (lactones) is 1. The van der Waals surface area contributed by atoms with E-state index in [1.54, 1.807) is 6.92 Å². The van der Waals surface area contributed by atoms with Crippen LogP contribution in [0.1, 0.15) is 19.8 Å². The van der Waals surface area contributed by atoms with Crippen molar-refractivity contribution in [1.29, 1.82) is 0 Å². The van der Waals surface area contributed by atoms with Crippen LogP contribution < -0.4 is 0 Å². The molecule has 0 aromatic heterocycles. The number of carbonyl (C=O) groups is 2. The summed E-state index contributed by atoms with van der Waals surface area (Å²) in [5.41, 5.74) is 0. The molecule has 4 nitrogen and oxygen atoms in total. The molecule has 0 aromatic rings. The predicted molar refractivity (Wildman–Crippen MR) is 44.8 cm³/mol. The molecule has 1 rings (SSSR count). The van der Waals surface area contributed by atoms with E-state index in [4.69, 9.17) is 16.3 Å². The van der Waals surface area contributed by atoms with E-state index in [1.165, 1.54) is 0 Å². The Labute approximate surface area is 80.5 Å². The second kappa shape index (κ2) is 4.28. The first-order valence-corrected chi connectivity index (χ1v) is 4.29. The smallest absolute Gasteiger partial charge is 0.353 e. The van der Waals surface area contributed by atoms with Crippen LogP contribution in [0.3, 0.4) is 0 Å². The standard InChI is InChI=1S/C8H9ClO4/c1-2-12-8(11)7(9)5-3-4-6(10)13-5/h2-4H2,1H3/b7-5+. The average Bonchev–Trinajstić information content (AvgIpc) is 2.51. The molecule has 5 heteroatoms. The van der Waals surface area contributed by atoms with Crippen LogP contribution in [-0.4, -0.2) is 18.5 Å². The lowest BCUT2D eigenvalue weighted by Crippen LogP contribution is -2.06. The lowest BCUT2D eigenvalue weighted by molar-refractivity contribution is -0.138. The average molecular weight is 205 g/mol. The van der Waals surface area contributed by atoms with Crippen molar-refractivity contribution in [3.8, 4) is 0 Å². The summed E-state index contributed by atoms with van der Waals surface area (Å²) >= 11 is 5.61. The molecule has 1 aliphatic rings. The van der Waals surface area contributed by atoms with E-state index >= 15 is 0 Å². The molecule has 0 aromatic carbocycles. The molecule has 1 heterocycles. The third kappa shape index (κ3) is 2.45. The van der Waals surface area contributed by atoms with Gasteiger partial charge in [-0.05, 0) is 6.92 Å². The predicted octanol–water partition coefficient (Wildman–Crippen LogP) is 1.34. The van der Waals surface area contributed by atoms with Crippen LogP contribution in [0, 0.1) is 0 Å². The Kier molecular flexibility index (Phi) is 3.31. The molecule has 0 N–H and O–H groups in total. The minimum absolute atomic E-state index is 0.132. The number of hydrogen-bond donors (Lipinski definition) is 0. The van der Waals surface area contributed by atoms with Crippen molar-refractivity contribution >= 4 is 23.5 Å². The third-order valence-electron chi connectivity index (χ3n) is 1.49. The van der Waals surface area contributed by atoms with Crippen molar-refractivity contribution in [2.24, 2.45) is 0 Å². The highest BCUT2D eigenvalue weighted by Gasteiger charge is 2.24. The van der Waals surface area contributed by atoms with Gasteiger partial charge in [0.15, 0.2) is 5.03 Å². The molecular formula is C8H9ClO4. The molecule has 13 heavy (non-hydrogen) atoms. The van der Waals surface area contributed by atoms with Gasteiger partial charge in [-0.25, -0.2) is 4.79 Å². The second-order valence-electron chi connectivity index (χ2n) is 2.43. The first kappa shape index (κ1) is 10.1. The third-order valence-corrected chi connectivity index (χ3v) is 1.86. The number of rotatable bonds is 2. The maximum Gasteiger partial charge on any atom is 0.353 e. The van der Waals surface area contributed by atoms with Gasteiger partial charge in [0.2, 0.25) is 0 Å². The summed E-state index contributed by atoms with van der Waals surface area (Å²) in [6.45, 7) is 1.92. The van der Waals surface area contributed by atoms with Gasteiger partial charge in [0.05, 0.1) is 13.0 Å². The number of hydrogen-bond acceptors (Lipinski definition) is 4. The molecule has 1 fully saturated rings. The first-order chi connectivity index (χ1) is 6.15. The van der Waals surface area contributed by atoms with Crippen molar-refractivity contribution in [1.82, 2.24) is 0 Å². The van der Waals surface area contributed by atoms with Crippen LogP contribution in [0.5, 0.6) is 0 Å². The van der Waals surface area contributed by atoms with Crippen LogP contribution >= 0.6 is 11.6 Å². The van der Waals surface area contributed by atoms with Crippen LogP contribution in [0.4, 0.5) is 0 Å². The Hall–Kier alpha value is -1.03. The van der Waals surface area contributed by atoms with Gasteiger partial charge in [-0.15, -0.1) is 0 Å². The van der Waals surface area contributed by atoms with Crippen LogP contribution in [0.15, 0.2) is 10.8 Å². The second-order valence-corrected chi connectivity index (χ2v) is 2.81. The molecule has 0 atom stereocenters. The molecule has 0 spiro atoms. The van der Waals surface area contributed by atoms with E-state index in [2.05, 4.69) is 4.74 Å². The van der Waals surface area contributed by atoms with Crippen LogP contribution in [0.2, 0.25) is 0 Å². The van der Waals surface area contributed by atoms with E-state index < -0.39 is 5.97 Å². The Bertz CT molecular complexity index is 269. The molecule has 0 aliphatic carbocycles. The zero-order valence-corrected chi connectivity index (χ0v) is 7.89. The van der Waals surface area contributed by atoms with Crippen LogP contribution in [0.25, 0.3) is 0 Å². The summed E-state index contributed by atoms with van der Waals surface area (Å²) in [4.78, 5) is 21.7. The van der Waals surface area contributed by atoms with Gasteiger partial charge in [-0.2, -0.15) is 0 Å². The summed E-state index contributed by atoms with van der Waals surface area (Å²) in [7, 11) is 0. The number of halogens is 1. The highest BCUT2D eigenvalue weighted by atomic mass is 35.5. The number of carbonyl (C=O) groups excluding carboxylic acids is 2. The quantitative estimate of drug-likeness (QED) is 0.503. The molecule has 1 saturated heterocycles. The fourth-order valence-corrected chi connectivity index (χ4v) is 1.11. The number of esters is 2. The molecule has 0 saturated carbocycles. The summed E-state index contributed by atoms with van der Waals surface area (Å²) < 4.78 is 9.33. The highest BCUT2D eigenvalue weighted by Crippen LogP contribution is 2.24. The zero-order chi connectivity index (χ0) is 9.84. The summed E-state index contributed by atoms with van der Waals surface area (Å²) in [5, 5.41) is -0.132. The molecule has 72 valence electrons. The van der Waals surface area contributed by atoms with Crippen molar-refractivity contribution < 1.29 is 19.1 Å². The van der Waals surface area contributed by atoms with E-state index in [0.29, 0.717) is 6.42 Å². The van der Waals surface area contributed by atoms with Gasteiger partial charge < -0.3 is 9.47 Å². The van der Waals surface area contributed by atoms with E-state index in [1.807, 2.05) is 0 Å². The Balaban J connectivity index is 2.68. The zero-order valence-electron chi connectivity index (χ0n) is 7.13. The Morgan fingerprint density at radius 1 is 1.62 bits per heavy atom. The topological polar surface area (TPSA) is 52.6 Å². The van der Waals surface area contributed by atoms with Gasteiger partial charge in [0, 0.05) is 6.42 Å². The highest BCUT2D eigenvalue weighted by molar-refractivity contribution is 6.41. The van der Waals surface area contributed by atoms with E-state index in [-0.39, 0.29) is 29.8 Å². The van der Waals surface area contributed by atoms with Gasteiger partial charge >= 0.3 is 11.9 Å². The lowest BCUT2D eigenvalue weighted by Gasteiger charge is -2.01. The molecular weight excluding hydrogens is 196 g/mol. The molecule has 0 amide bonds. The molecule has 0 radical (unpaired) electrons. The maximum absolute atomic E-state index is 11.0. The van der Waals surface area contributed by atoms with Crippen molar-refractivity contribution in [3.05, 3.63) is 10.8 Å². The lowest BCUT2D eigenvalue weighted by atomic mass is 10.3. The summed E-state index contributed by atoms with van der Waals surface area (Å²) in [5.74, 6) is -0.795. The van der Waals surface area contributed by atoms with Crippen molar-refractivity contribution in [3.63, 3.8) is 0 Å². The van der Waals surface area contributed by atoms with Gasteiger partial charge in [-0.3, -0.25) is 4.79 Å². The monoisotopic (exact) mass is 204 g/mol. The van der Waals surface area contributed by atoms with Crippen molar-refractivity contribution in [2.75, 3.05) is 6.61 Å². The van der Waals surface area contributed by atoms with Gasteiger partial charge in [0.1, 0.15) is 5.76 Å². The largest absolute Gasteiger partial charge is 0.462 e. The van der Waals surface area contributed by atoms with E-state index in [9.17, 15) is 9.59 Å². The van der Waals surface area contributed by atoms with E-state index in [0.717, 1.165) is 0 Å². The maximum atomic E-state index is 11.0. The first-order valence-electron chi connectivity index (χ1n) is 3.91. The fourth-order valence-electron chi connectivity index (χ4n) is 0.918. The SMILES string of the molecule is CCOC(=O)/C(Cl)=C1/CCC(=O)O1. The number of ether oxygens (including phenoxy) is 2. The van der Waals surface area contributed by atoms with Crippen molar-refractivity contribution in [2.45, 2.75) is 19.8 Å². The molecule has 1 aliphatic heterocycles. The normalized spacial score (nSPS) is 19.7. The van der Waals surface area contributed by atoms with Gasteiger partial charge in [-0.1, -0.05) is 11.6 Å². The molecule has 0 bridgehead atoms. The number of allylic oxidation sites excluding steroid dienone is 1. The minimum atomic E-state index is -0.645. The van der Waals surface area contributed by atoms with Gasteiger partial charge in [0.25, 0.3) is 0 Å². The van der Waals surface area contributed by atoms with Crippen LogP contribution in [-0.2, 0) is 19.1 Å². The minimum Gasteiger partial charge on any atom is -0.462 e. The Morgan fingerprint density at radius 3 is 2.77 bits per heavy atom.